The van der Waals surface area contributed by atoms with Gasteiger partial charge in [0, 0.05) is 19.4 Å². The third kappa shape index (κ3) is 2.70. The number of nitrogens with zero attached hydrogens (tertiary/aromatic N) is 2. The highest BCUT2D eigenvalue weighted by molar-refractivity contribution is 4.99. The standard InChI is InChI=1S/C10H17N3/c1-8(2)4-5-9(11)10-12-6-7-13(10)3/h6-7,9H,1,4-5,11H2,2-3H3. The van der Waals surface area contributed by atoms with E-state index in [2.05, 4.69) is 11.6 Å². The maximum Gasteiger partial charge on any atom is 0.125 e. The molecule has 0 aliphatic carbocycles. The smallest absolute Gasteiger partial charge is 0.125 e. The Balaban J connectivity index is 2.53. The second-order valence-electron chi connectivity index (χ2n) is 3.50. The molecular formula is C10H17N3. The largest absolute Gasteiger partial charge is 0.337 e. The highest BCUT2D eigenvalue weighted by atomic mass is 15.1. The summed E-state index contributed by atoms with van der Waals surface area (Å²) < 4.78 is 1.96. The third-order valence-electron chi connectivity index (χ3n) is 2.07. The van der Waals surface area contributed by atoms with Crippen molar-refractivity contribution in [2.75, 3.05) is 0 Å². The van der Waals surface area contributed by atoms with Crippen LogP contribution in [0.4, 0.5) is 0 Å². The second-order valence-corrected chi connectivity index (χ2v) is 3.50. The summed E-state index contributed by atoms with van der Waals surface area (Å²) in [6, 6.07) is 0.0247. The van der Waals surface area contributed by atoms with Crippen molar-refractivity contribution in [3.63, 3.8) is 0 Å². The number of nitrogens with two attached hydrogens (primary N) is 1. The first-order chi connectivity index (χ1) is 6.11. The number of aryl methyl sites for hydroxylation is 1. The molecule has 0 bridgehead atoms. The Morgan fingerprint density at radius 2 is 2.46 bits per heavy atom. The first-order valence-electron chi connectivity index (χ1n) is 4.48. The van der Waals surface area contributed by atoms with Gasteiger partial charge in [0.05, 0.1) is 6.04 Å². The molecule has 0 saturated carbocycles. The van der Waals surface area contributed by atoms with Crippen LogP contribution < -0.4 is 5.73 Å². The Bertz CT molecular complexity index is 288. The quantitative estimate of drug-likeness (QED) is 0.716. The molecule has 0 aliphatic rings. The van der Waals surface area contributed by atoms with Crippen molar-refractivity contribution in [3.8, 4) is 0 Å². The van der Waals surface area contributed by atoms with Crippen LogP contribution in [0.3, 0.4) is 0 Å². The molecule has 0 amide bonds. The van der Waals surface area contributed by atoms with E-state index < -0.39 is 0 Å². The highest BCUT2D eigenvalue weighted by Gasteiger charge is 2.09. The van der Waals surface area contributed by atoms with Crippen molar-refractivity contribution in [1.82, 2.24) is 9.55 Å². The van der Waals surface area contributed by atoms with Gasteiger partial charge in [0.2, 0.25) is 0 Å². The lowest BCUT2D eigenvalue weighted by atomic mass is 10.1. The van der Waals surface area contributed by atoms with Crippen LogP contribution >= 0.6 is 0 Å². The molecule has 0 spiro atoms. The highest BCUT2D eigenvalue weighted by Crippen LogP contribution is 2.15. The van der Waals surface area contributed by atoms with E-state index in [0.29, 0.717) is 0 Å². The molecule has 1 unspecified atom stereocenters. The number of allylic oxidation sites excluding steroid dienone is 1. The molecule has 0 aliphatic heterocycles. The maximum atomic E-state index is 5.96. The zero-order valence-corrected chi connectivity index (χ0v) is 8.33. The zero-order valence-electron chi connectivity index (χ0n) is 8.33. The van der Waals surface area contributed by atoms with Crippen LogP contribution in [0.15, 0.2) is 24.5 Å². The van der Waals surface area contributed by atoms with Crippen molar-refractivity contribution in [2.24, 2.45) is 12.8 Å². The summed E-state index contributed by atoms with van der Waals surface area (Å²) in [6.07, 6.45) is 5.57. The number of aromatic nitrogens is 2. The van der Waals surface area contributed by atoms with E-state index >= 15 is 0 Å². The minimum Gasteiger partial charge on any atom is -0.337 e. The van der Waals surface area contributed by atoms with Gasteiger partial charge in [-0.05, 0) is 19.8 Å². The SMILES string of the molecule is C=C(C)CCC(N)c1nccn1C. The minimum absolute atomic E-state index is 0.0247. The lowest BCUT2D eigenvalue weighted by molar-refractivity contribution is 0.587. The molecule has 13 heavy (non-hydrogen) atoms. The van der Waals surface area contributed by atoms with Crippen LogP contribution in [0.25, 0.3) is 0 Å². The summed E-state index contributed by atoms with van der Waals surface area (Å²) in [7, 11) is 1.96. The molecule has 0 fully saturated rings. The van der Waals surface area contributed by atoms with Gasteiger partial charge in [-0.1, -0.05) is 5.57 Å². The molecular weight excluding hydrogens is 162 g/mol. The lowest BCUT2D eigenvalue weighted by Gasteiger charge is -2.10. The summed E-state index contributed by atoms with van der Waals surface area (Å²) >= 11 is 0. The Morgan fingerprint density at radius 3 is 2.92 bits per heavy atom. The first-order valence-corrected chi connectivity index (χ1v) is 4.48. The van der Waals surface area contributed by atoms with Gasteiger partial charge in [0.15, 0.2) is 0 Å². The molecule has 2 N–H and O–H groups in total. The second kappa shape index (κ2) is 4.23. The third-order valence-corrected chi connectivity index (χ3v) is 2.07. The first kappa shape index (κ1) is 9.99. The van der Waals surface area contributed by atoms with Crippen LogP contribution in [0.1, 0.15) is 31.6 Å². The van der Waals surface area contributed by atoms with Crippen molar-refractivity contribution in [1.29, 1.82) is 0 Å². The lowest BCUT2D eigenvalue weighted by Crippen LogP contribution is -2.15. The van der Waals surface area contributed by atoms with E-state index in [-0.39, 0.29) is 6.04 Å². The van der Waals surface area contributed by atoms with Crippen molar-refractivity contribution < 1.29 is 0 Å². The van der Waals surface area contributed by atoms with Gasteiger partial charge >= 0.3 is 0 Å². The van der Waals surface area contributed by atoms with Crippen LogP contribution in [0.2, 0.25) is 0 Å². The van der Waals surface area contributed by atoms with E-state index in [1.165, 1.54) is 5.57 Å². The summed E-state index contributed by atoms with van der Waals surface area (Å²) in [4.78, 5) is 4.20. The zero-order chi connectivity index (χ0) is 9.84. The maximum absolute atomic E-state index is 5.96. The Hall–Kier alpha value is -1.09. The summed E-state index contributed by atoms with van der Waals surface area (Å²) in [6.45, 7) is 5.87. The molecule has 3 heteroatoms. The molecule has 0 aromatic carbocycles. The van der Waals surface area contributed by atoms with Gasteiger partial charge < -0.3 is 10.3 Å². The molecule has 3 nitrogen and oxygen atoms in total. The molecule has 1 heterocycles. The topological polar surface area (TPSA) is 43.8 Å². The predicted octanol–water partition coefficient (Wildman–Crippen LogP) is 1.78. The van der Waals surface area contributed by atoms with Crippen LogP contribution in [0, 0.1) is 0 Å². The van der Waals surface area contributed by atoms with Gasteiger partial charge in [-0.15, -0.1) is 6.58 Å². The van der Waals surface area contributed by atoms with Gasteiger partial charge in [0.1, 0.15) is 5.82 Å². The van der Waals surface area contributed by atoms with Crippen molar-refractivity contribution in [3.05, 3.63) is 30.4 Å². The summed E-state index contributed by atoms with van der Waals surface area (Å²) in [5, 5.41) is 0. The minimum atomic E-state index is 0.0247. The number of hydrogen-bond donors (Lipinski definition) is 1. The fraction of sp³-hybridized carbons (Fsp3) is 0.500. The van der Waals surface area contributed by atoms with E-state index in [4.69, 9.17) is 5.73 Å². The van der Waals surface area contributed by atoms with Gasteiger partial charge in [0.25, 0.3) is 0 Å². The van der Waals surface area contributed by atoms with E-state index in [9.17, 15) is 0 Å². The van der Waals surface area contributed by atoms with Gasteiger partial charge in [-0.25, -0.2) is 4.98 Å². The fourth-order valence-electron chi connectivity index (χ4n) is 1.27. The average molecular weight is 179 g/mol. The fourth-order valence-corrected chi connectivity index (χ4v) is 1.27. The monoisotopic (exact) mass is 179 g/mol. The molecule has 0 saturated heterocycles. The molecule has 72 valence electrons. The van der Waals surface area contributed by atoms with E-state index in [1.807, 2.05) is 24.7 Å². The molecule has 1 aromatic rings. The Morgan fingerprint density at radius 1 is 1.77 bits per heavy atom. The molecule has 1 atom stereocenters. The number of hydrogen-bond acceptors (Lipinski definition) is 2. The summed E-state index contributed by atoms with van der Waals surface area (Å²) in [5.74, 6) is 0.946. The van der Waals surface area contributed by atoms with Crippen molar-refractivity contribution in [2.45, 2.75) is 25.8 Å². The number of imidazole rings is 1. The average Bonchev–Trinajstić information content (AvgIpc) is 2.47. The Kier molecular flexibility index (Phi) is 3.25. The summed E-state index contributed by atoms with van der Waals surface area (Å²) in [5.41, 5.74) is 7.14. The van der Waals surface area contributed by atoms with E-state index in [1.54, 1.807) is 6.20 Å². The molecule has 1 aromatic heterocycles. The molecule has 1 rings (SSSR count). The van der Waals surface area contributed by atoms with Crippen LogP contribution in [-0.4, -0.2) is 9.55 Å². The predicted molar refractivity (Wildman–Crippen MR) is 54.2 cm³/mol. The van der Waals surface area contributed by atoms with Gasteiger partial charge in [-0.3, -0.25) is 0 Å². The van der Waals surface area contributed by atoms with Crippen LogP contribution in [-0.2, 0) is 7.05 Å². The normalized spacial score (nSPS) is 12.8. The van der Waals surface area contributed by atoms with E-state index in [0.717, 1.165) is 18.7 Å². The number of rotatable bonds is 4. The Labute approximate surface area is 79.3 Å². The van der Waals surface area contributed by atoms with Gasteiger partial charge in [-0.2, -0.15) is 0 Å². The van der Waals surface area contributed by atoms with Crippen LogP contribution in [0.5, 0.6) is 0 Å². The van der Waals surface area contributed by atoms with Crippen molar-refractivity contribution >= 4 is 0 Å². The molecule has 0 radical (unpaired) electrons.